The molecule has 0 aliphatic rings. The molecule has 2 aromatic heterocycles. The summed E-state index contributed by atoms with van der Waals surface area (Å²) in [4.78, 5) is 53.8. The summed E-state index contributed by atoms with van der Waals surface area (Å²) >= 11 is 0. The van der Waals surface area contributed by atoms with Gasteiger partial charge in [-0.3, -0.25) is 9.59 Å². The number of nitrogens with two attached hydrogens (primary N) is 1. The number of carbonyl (C=O) groups excluding carboxylic acids is 1. The summed E-state index contributed by atoms with van der Waals surface area (Å²) in [6.45, 7) is 4.34. The third kappa shape index (κ3) is 6.74. The second-order valence-corrected chi connectivity index (χ2v) is 8.46. The van der Waals surface area contributed by atoms with Crippen molar-refractivity contribution in [2.75, 3.05) is 23.0 Å². The van der Waals surface area contributed by atoms with Crippen LogP contribution in [0.4, 0.5) is 17.5 Å². The van der Waals surface area contributed by atoms with E-state index in [1.54, 1.807) is 30.5 Å². The van der Waals surface area contributed by atoms with Gasteiger partial charge in [0.05, 0.1) is 18.4 Å². The van der Waals surface area contributed by atoms with Gasteiger partial charge in [-0.1, -0.05) is 0 Å². The van der Waals surface area contributed by atoms with Crippen LogP contribution in [0.25, 0.3) is 11.2 Å². The maximum Gasteiger partial charge on any atom is 0.326 e. The maximum atomic E-state index is 12.5. The van der Waals surface area contributed by atoms with Crippen molar-refractivity contribution in [3.63, 3.8) is 0 Å². The number of hydrogen-bond donors (Lipinski definition) is 5. The van der Waals surface area contributed by atoms with Gasteiger partial charge in [0.25, 0.3) is 5.91 Å². The largest absolute Gasteiger partial charge is 0.481 e. The Morgan fingerprint density at radius 3 is 2.39 bits per heavy atom. The van der Waals surface area contributed by atoms with Crippen molar-refractivity contribution in [3.8, 4) is 0 Å². The molecule has 2 heterocycles. The zero-order chi connectivity index (χ0) is 26.4. The van der Waals surface area contributed by atoms with E-state index in [1.165, 1.54) is 0 Å². The SMILES string of the molecule is CC(C)Nc1nc(N)nc2ncc(CN(C)c3ccc(C(=O)N[C@@H](CCC(=O)O)C(=O)O)cc3)nc12. The Bertz CT molecular complexity index is 1270. The number of rotatable bonds is 11. The molecule has 1 amide bonds. The molecular formula is C23H28N8O5. The van der Waals surface area contributed by atoms with E-state index in [2.05, 4.69) is 30.6 Å². The smallest absolute Gasteiger partial charge is 0.326 e. The predicted octanol–water partition coefficient (Wildman–Crippen LogP) is 1.51. The van der Waals surface area contributed by atoms with Crippen molar-refractivity contribution in [2.45, 2.75) is 45.3 Å². The Balaban J connectivity index is 1.71. The van der Waals surface area contributed by atoms with Crippen molar-refractivity contribution < 1.29 is 24.6 Å². The summed E-state index contributed by atoms with van der Waals surface area (Å²) in [5, 5.41) is 23.6. The molecule has 0 saturated heterocycles. The zero-order valence-electron chi connectivity index (χ0n) is 20.1. The molecule has 0 aliphatic heterocycles. The lowest BCUT2D eigenvalue weighted by molar-refractivity contribution is -0.140. The Hall–Kier alpha value is -4.55. The van der Waals surface area contributed by atoms with Crippen LogP contribution in [0, 0.1) is 0 Å². The molecule has 0 aliphatic carbocycles. The number of nitrogens with one attached hydrogen (secondary N) is 2. The molecule has 190 valence electrons. The van der Waals surface area contributed by atoms with Crippen LogP contribution in [0.5, 0.6) is 0 Å². The number of fused-ring (bicyclic) bond motifs is 1. The molecule has 0 bridgehead atoms. The number of carboxylic acids is 2. The van der Waals surface area contributed by atoms with Crippen molar-refractivity contribution in [1.29, 1.82) is 0 Å². The highest BCUT2D eigenvalue weighted by Crippen LogP contribution is 2.21. The second kappa shape index (κ2) is 11.3. The minimum absolute atomic E-state index is 0.102. The molecular weight excluding hydrogens is 468 g/mol. The summed E-state index contributed by atoms with van der Waals surface area (Å²) < 4.78 is 0. The first-order valence-electron chi connectivity index (χ1n) is 11.2. The third-order valence-corrected chi connectivity index (χ3v) is 5.12. The van der Waals surface area contributed by atoms with E-state index in [4.69, 9.17) is 10.8 Å². The number of amides is 1. The summed E-state index contributed by atoms with van der Waals surface area (Å²) in [5.41, 5.74) is 8.36. The number of nitrogens with zero attached hydrogens (tertiary/aromatic N) is 5. The van der Waals surface area contributed by atoms with Crippen LogP contribution in [-0.4, -0.2) is 67.1 Å². The molecule has 0 radical (unpaired) electrons. The van der Waals surface area contributed by atoms with Gasteiger partial charge in [0, 0.05) is 30.8 Å². The van der Waals surface area contributed by atoms with E-state index >= 15 is 0 Å². The highest BCUT2D eigenvalue weighted by molar-refractivity contribution is 5.97. The highest BCUT2D eigenvalue weighted by Gasteiger charge is 2.21. The number of carboxylic acid groups (broad SMARTS) is 2. The lowest BCUT2D eigenvalue weighted by atomic mass is 10.1. The lowest BCUT2D eigenvalue weighted by Gasteiger charge is -2.20. The van der Waals surface area contributed by atoms with E-state index in [0.29, 0.717) is 29.2 Å². The molecule has 13 nitrogen and oxygen atoms in total. The van der Waals surface area contributed by atoms with Gasteiger partial charge in [0.1, 0.15) is 6.04 Å². The minimum atomic E-state index is -1.29. The zero-order valence-corrected chi connectivity index (χ0v) is 20.1. The van der Waals surface area contributed by atoms with Gasteiger partial charge < -0.3 is 31.5 Å². The summed E-state index contributed by atoms with van der Waals surface area (Å²) in [5.74, 6) is -2.43. The first kappa shape index (κ1) is 26.1. The number of carbonyl (C=O) groups is 3. The first-order chi connectivity index (χ1) is 17.0. The summed E-state index contributed by atoms with van der Waals surface area (Å²) in [6, 6.07) is 5.36. The van der Waals surface area contributed by atoms with Crippen molar-refractivity contribution in [1.82, 2.24) is 25.3 Å². The van der Waals surface area contributed by atoms with E-state index in [-0.39, 0.29) is 30.4 Å². The average molecular weight is 497 g/mol. The van der Waals surface area contributed by atoms with Gasteiger partial charge >= 0.3 is 11.9 Å². The monoisotopic (exact) mass is 496 g/mol. The van der Waals surface area contributed by atoms with Crippen molar-refractivity contribution in [3.05, 3.63) is 41.7 Å². The maximum absolute atomic E-state index is 12.5. The predicted molar refractivity (Wildman–Crippen MR) is 133 cm³/mol. The molecule has 6 N–H and O–H groups in total. The molecule has 1 atom stereocenters. The molecule has 0 fully saturated rings. The fraction of sp³-hybridized carbons (Fsp3) is 0.348. The summed E-state index contributed by atoms with van der Waals surface area (Å²) in [6.07, 6.45) is 1.03. The van der Waals surface area contributed by atoms with Crippen molar-refractivity contribution >= 4 is 46.5 Å². The van der Waals surface area contributed by atoms with Crippen molar-refractivity contribution in [2.24, 2.45) is 0 Å². The van der Waals surface area contributed by atoms with Crippen LogP contribution in [-0.2, 0) is 16.1 Å². The molecule has 3 aromatic rings. The highest BCUT2D eigenvalue weighted by atomic mass is 16.4. The van der Waals surface area contributed by atoms with Gasteiger partial charge in [-0.15, -0.1) is 0 Å². The fourth-order valence-corrected chi connectivity index (χ4v) is 3.38. The summed E-state index contributed by atoms with van der Waals surface area (Å²) in [7, 11) is 1.85. The first-order valence-corrected chi connectivity index (χ1v) is 11.2. The molecule has 0 saturated carbocycles. The number of aromatic nitrogens is 4. The van der Waals surface area contributed by atoms with Crippen LogP contribution < -0.4 is 21.3 Å². The average Bonchev–Trinajstić information content (AvgIpc) is 2.81. The van der Waals surface area contributed by atoms with E-state index in [0.717, 1.165) is 5.69 Å². The fourth-order valence-electron chi connectivity index (χ4n) is 3.38. The van der Waals surface area contributed by atoms with E-state index in [1.807, 2.05) is 25.8 Å². The van der Waals surface area contributed by atoms with Gasteiger partial charge in [-0.05, 0) is 44.5 Å². The second-order valence-electron chi connectivity index (χ2n) is 8.46. The molecule has 3 rings (SSSR count). The van der Waals surface area contributed by atoms with E-state index < -0.39 is 23.9 Å². The third-order valence-electron chi connectivity index (χ3n) is 5.12. The van der Waals surface area contributed by atoms with Crippen LogP contribution in [0.3, 0.4) is 0 Å². The Morgan fingerprint density at radius 1 is 1.08 bits per heavy atom. The van der Waals surface area contributed by atoms with Crippen LogP contribution in [0.1, 0.15) is 42.7 Å². The number of anilines is 3. The van der Waals surface area contributed by atoms with Gasteiger partial charge in [-0.2, -0.15) is 9.97 Å². The number of aliphatic carboxylic acids is 2. The number of hydrogen-bond acceptors (Lipinski definition) is 10. The molecule has 36 heavy (non-hydrogen) atoms. The number of benzene rings is 1. The van der Waals surface area contributed by atoms with E-state index in [9.17, 15) is 19.5 Å². The van der Waals surface area contributed by atoms with Gasteiger partial charge in [0.15, 0.2) is 17.0 Å². The van der Waals surface area contributed by atoms with Gasteiger partial charge in [0.2, 0.25) is 5.95 Å². The van der Waals surface area contributed by atoms with Crippen LogP contribution in [0.15, 0.2) is 30.5 Å². The standard InChI is InChI=1S/C23H28N8O5/c1-12(2)26-20-18-19(29-23(24)30-20)25-10-14(27-18)11-31(3)15-6-4-13(5-7-15)21(34)28-16(22(35)36)8-9-17(32)33/h4-7,10,12,16H,8-9,11H2,1-3H3,(H,28,34)(H,32,33)(H,35,36)(H3,24,25,26,29,30)/t16-/m0/s1. The number of nitrogen functional groups attached to an aromatic ring is 1. The topological polar surface area (TPSA) is 197 Å². The normalized spacial score (nSPS) is 11.8. The molecule has 0 unspecified atom stereocenters. The minimum Gasteiger partial charge on any atom is -0.481 e. The van der Waals surface area contributed by atoms with Crippen LogP contribution >= 0.6 is 0 Å². The quantitative estimate of drug-likeness (QED) is 0.257. The lowest BCUT2D eigenvalue weighted by Crippen LogP contribution is -2.41. The Kier molecular flexibility index (Phi) is 8.14. The Morgan fingerprint density at radius 2 is 1.78 bits per heavy atom. The van der Waals surface area contributed by atoms with Crippen LogP contribution in [0.2, 0.25) is 0 Å². The molecule has 1 aromatic carbocycles. The Labute approximate surface area is 206 Å². The molecule has 0 spiro atoms. The van der Waals surface area contributed by atoms with Gasteiger partial charge in [-0.25, -0.2) is 14.8 Å². The molecule has 13 heteroatoms.